The average Bonchev–Trinajstić information content (AvgIpc) is 2.36. The largest absolute Gasteiger partial charge is 0.497 e. The van der Waals surface area contributed by atoms with Crippen molar-refractivity contribution >= 4 is 28.6 Å². The maximum Gasteiger partial charge on any atom is 0.121 e. The van der Waals surface area contributed by atoms with Gasteiger partial charge in [-0.1, -0.05) is 12.2 Å². The number of anilines is 2. The molecule has 1 aliphatic heterocycles. The lowest BCUT2D eigenvalue weighted by atomic mass is 10.2. The van der Waals surface area contributed by atoms with E-state index in [1.54, 1.807) is 7.11 Å². The summed E-state index contributed by atoms with van der Waals surface area (Å²) in [6.07, 6.45) is 0.878. The van der Waals surface area contributed by atoms with Crippen LogP contribution >= 0.6 is 12.2 Å². The first-order chi connectivity index (χ1) is 7.61. The van der Waals surface area contributed by atoms with Gasteiger partial charge in [-0.3, -0.25) is 0 Å². The van der Waals surface area contributed by atoms with Crippen molar-refractivity contribution in [2.75, 3.05) is 24.4 Å². The molecule has 16 heavy (non-hydrogen) atoms. The van der Waals surface area contributed by atoms with Gasteiger partial charge in [-0.15, -0.1) is 0 Å². The average molecular weight is 236 g/mol. The molecular formula is C12H16N2OS. The van der Waals surface area contributed by atoms with Gasteiger partial charge in [0, 0.05) is 25.6 Å². The summed E-state index contributed by atoms with van der Waals surface area (Å²) in [6, 6.07) is 6.35. The van der Waals surface area contributed by atoms with Gasteiger partial charge in [0.05, 0.1) is 23.5 Å². The highest BCUT2D eigenvalue weighted by atomic mass is 32.1. The van der Waals surface area contributed by atoms with E-state index in [0.29, 0.717) is 6.04 Å². The van der Waals surface area contributed by atoms with E-state index < -0.39 is 0 Å². The minimum absolute atomic E-state index is 0.350. The third-order valence-electron chi connectivity index (χ3n) is 2.82. The highest BCUT2D eigenvalue weighted by molar-refractivity contribution is 7.80. The first kappa shape index (κ1) is 11.2. The number of nitrogens with one attached hydrogen (secondary N) is 1. The Balaban J connectivity index is 2.46. The predicted molar refractivity (Wildman–Crippen MR) is 71.7 cm³/mol. The zero-order valence-electron chi connectivity index (χ0n) is 9.78. The van der Waals surface area contributed by atoms with Crippen molar-refractivity contribution in [1.29, 1.82) is 0 Å². The van der Waals surface area contributed by atoms with Gasteiger partial charge in [0.1, 0.15) is 5.75 Å². The Bertz CT molecular complexity index is 419. The summed E-state index contributed by atoms with van der Waals surface area (Å²) in [5, 5.41) is 3.45. The molecule has 1 aromatic rings. The zero-order valence-corrected chi connectivity index (χ0v) is 10.6. The van der Waals surface area contributed by atoms with E-state index in [-0.39, 0.29) is 0 Å². The Hall–Kier alpha value is -1.29. The lowest BCUT2D eigenvalue weighted by Gasteiger charge is -2.19. The quantitative estimate of drug-likeness (QED) is 0.758. The number of hydrogen-bond acceptors (Lipinski definition) is 3. The van der Waals surface area contributed by atoms with Crippen LogP contribution in [0.4, 0.5) is 11.4 Å². The molecular weight excluding hydrogens is 220 g/mol. The van der Waals surface area contributed by atoms with Gasteiger partial charge >= 0.3 is 0 Å². The van der Waals surface area contributed by atoms with E-state index >= 15 is 0 Å². The summed E-state index contributed by atoms with van der Waals surface area (Å²) in [5.74, 6) is 0.861. The van der Waals surface area contributed by atoms with E-state index in [1.807, 2.05) is 25.2 Å². The highest BCUT2D eigenvalue weighted by Crippen LogP contribution is 2.33. The molecule has 0 bridgehead atoms. The Morgan fingerprint density at radius 1 is 1.50 bits per heavy atom. The van der Waals surface area contributed by atoms with Crippen molar-refractivity contribution in [2.24, 2.45) is 0 Å². The van der Waals surface area contributed by atoms with Crippen LogP contribution < -0.4 is 15.0 Å². The summed E-state index contributed by atoms with van der Waals surface area (Å²) in [6.45, 7) is 2.13. The van der Waals surface area contributed by atoms with E-state index in [9.17, 15) is 0 Å². The number of thiocarbonyl (C=S) groups is 1. The standard InChI is InChI=1S/C12H16N2OS/c1-8-6-12(16)14(2)11-5-4-9(15-3)7-10(11)13-8/h4-5,7-8,13H,6H2,1-3H3. The lowest BCUT2D eigenvalue weighted by molar-refractivity contribution is 0.415. The van der Waals surface area contributed by atoms with E-state index in [1.165, 1.54) is 0 Å². The maximum atomic E-state index is 5.38. The molecule has 0 spiro atoms. The second kappa shape index (κ2) is 4.29. The summed E-state index contributed by atoms with van der Waals surface area (Å²) in [5.41, 5.74) is 2.18. The Morgan fingerprint density at radius 3 is 2.94 bits per heavy atom. The minimum Gasteiger partial charge on any atom is -0.497 e. The van der Waals surface area contributed by atoms with Gasteiger partial charge in [0.25, 0.3) is 0 Å². The van der Waals surface area contributed by atoms with Crippen LogP contribution in [0.3, 0.4) is 0 Å². The number of hydrogen-bond donors (Lipinski definition) is 1. The summed E-state index contributed by atoms with van der Waals surface area (Å²) < 4.78 is 5.23. The summed E-state index contributed by atoms with van der Waals surface area (Å²) in [7, 11) is 3.68. The van der Waals surface area contributed by atoms with E-state index in [0.717, 1.165) is 28.5 Å². The first-order valence-corrected chi connectivity index (χ1v) is 5.74. The Kier molecular flexibility index (Phi) is 3.01. The van der Waals surface area contributed by atoms with E-state index in [4.69, 9.17) is 17.0 Å². The summed E-state index contributed by atoms with van der Waals surface area (Å²) in [4.78, 5) is 3.02. The third kappa shape index (κ3) is 1.97. The fourth-order valence-corrected chi connectivity index (χ4v) is 2.25. The maximum absolute atomic E-state index is 5.38. The number of ether oxygens (including phenoxy) is 1. The minimum atomic E-state index is 0.350. The molecule has 1 heterocycles. The Labute approximate surface area is 101 Å². The van der Waals surface area contributed by atoms with Gasteiger partial charge in [-0.2, -0.15) is 0 Å². The van der Waals surface area contributed by atoms with Crippen LogP contribution in [0.15, 0.2) is 18.2 Å². The molecule has 1 N–H and O–H groups in total. The van der Waals surface area contributed by atoms with Crippen LogP contribution in [-0.4, -0.2) is 25.2 Å². The molecule has 1 aromatic carbocycles. The predicted octanol–water partition coefficient (Wildman–Crippen LogP) is 2.66. The molecule has 1 aliphatic rings. The van der Waals surface area contributed by atoms with Crippen LogP contribution in [0.25, 0.3) is 0 Å². The fraction of sp³-hybridized carbons (Fsp3) is 0.417. The molecule has 2 rings (SSSR count). The second-order valence-corrected chi connectivity index (χ2v) is 4.56. The Morgan fingerprint density at radius 2 is 2.25 bits per heavy atom. The fourth-order valence-electron chi connectivity index (χ4n) is 1.90. The molecule has 0 aliphatic carbocycles. The van der Waals surface area contributed by atoms with Gasteiger partial charge in [-0.05, 0) is 19.1 Å². The zero-order chi connectivity index (χ0) is 11.7. The van der Waals surface area contributed by atoms with Crippen LogP contribution in [0.2, 0.25) is 0 Å². The molecule has 1 atom stereocenters. The molecule has 0 radical (unpaired) electrons. The SMILES string of the molecule is COc1ccc2c(c1)NC(C)CC(=S)N2C. The molecule has 4 heteroatoms. The molecule has 0 fully saturated rings. The second-order valence-electron chi connectivity index (χ2n) is 4.09. The number of nitrogens with zero attached hydrogens (tertiary/aromatic N) is 1. The number of benzene rings is 1. The van der Waals surface area contributed by atoms with Crippen LogP contribution in [-0.2, 0) is 0 Å². The highest BCUT2D eigenvalue weighted by Gasteiger charge is 2.20. The topological polar surface area (TPSA) is 24.5 Å². The number of fused-ring (bicyclic) bond motifs is 1. The van der Waals surface area contributed by atoms with Crippen LogP contribution in [0, 0.1) is 0 Å². The number of methoxy groups -OCH3 is 1. The monoisotopic (exact) mass is 236 g/mol. The summed E-state index contributed by atoms with van der Waals surface area (Å²) >= 11 is 5.38. The van der Waals surface area contributed by atoms with Crippen molar-refractivity contribution < 1.29 is 4.74 Å². The molecule has 86 valence electrons. The first-order valence-electron chi connectivity index (χ1n) is 5.33. The van der Waals surface area contributed by atoms with Gasteiger partial charge in [0.2, 0.25) is 0 Å². The van der Waals surface area contributed by atoms with Crippen LogP contribution in [0.5, 0.6) is 5.75 Å². The molecule has 0 saturated carbocycles. The normalized spacial score (nSPS) is 19.8. The van der Waals surface area contributed by atoms with Gasteiger partial charge < -0.3 is 15.0 Å². The van der Waals surface area contributed by atoms with Crippen molar-refractivity contribution in [3.63, 3.8) is 0 Å². The smallest absolute Gasteiger partial charge is 0.121 e. The van der Waals surface area contributed by atoms with E-state index in [2.05, 4.69) is 17.1 Å². The van der Waals surface area contributed by atoms with Crippen molar-refractivity contribution in [2.45, 2.75) is 19.4 Å². The molecule has 1 unspecified atom stereocenters. The van der Waals surface area contributed by atoms with Crippen LogP contribution in [0.1, 0.15) is 13.3 Å². The van der Waals surface area contributed by atoms with Gasteiger partial charge in [-0.25, -0.2) is 0 Å². The van der Waals surface area contributed by atoms with Gasteiger partial charge in [0.15, 0.2) is 0 Å². The van der Waals surface area contributed by atoms with Crippen molar-refractivity contribution in [3.05, 3.63) is 18.2 Å². The molecule has 0 amide bonds. The number of rotatable bonds is 1. The molecule has 0 aromatic heterocycles. The lowest BCUT2D eigenvalue weighted by Crippen LogP contribution is -2.25. The van der Waals surface area contributed by atoms with Crippen molar-refractivity contribution in [1.82, 2.24) is 0 Å². The van der Waals surface area contributed by atoms with Crippen molar-refractivity contribution in [3.8, 4) is 5.75 Å². The molecule has 3 nitrogen and oxygen atoms in total. The molecule has 0 saturated heterocycles. The third-order valence-corrected chi connectivity index (χ3v) is 3.26.